The summed E-state index contributed by atoms with van der Waals surface area (Å²) in [5.74, 6) is 0. The molecule has 0 aliphatic heterocycles. The Labute approximate surface area is 101 Å². The van der Waals surface area contributed by atoms with Crippen molar-refractivity contribution in [2.24, 2.45) is 0 Å². The van der Waals surface area contributed by atoms with Gasteiger partial charge in [0, 0.05) is 74.4 Å². The molecule has 7 heavy (non-hydrogen) atoms. The molecule has 0 amide bonds. The van der Waals surface area contributed by atoms with Crippen LogP contribution in [0.1, 0.15) is 0 Å². The number of hydrogen-bond donors (Lipinski definition) is 4. The van der Waals surface area contributed by atoms with Crippen molar-refractivity contribution < 1.29 is 19.2 Å². The monoisotopic (exact) mass is 159 g/mol. The molecule has 4 N–H and O–H groups in total. The van der Waals surface area contributed by atoms with Gasteiger partial charge >= 0.3 is 9.05 Å². The van der Waals surface area contributed by atoms with Crippen LogP contribution in [0.25, 0.3) is 0 Å². The molecule has 0 unspecified atom stereocenters. The van der Waals surface area contributed by atoms with Gasteiger partial charge in [0.25, 0.3) is 0 Å². The van der Waals surface area contributed by atoms with Gasteiger partial charge in [0.2, 0.25) is 0 Å². The van der Waals surface area contributed by atoms with Gasteiger partial charge in [-0.15, -0.1) is 0 Å². The van der Waals surface area contributed by atoms with Crippen molar-refractivity contribution in [3.8, 4) is 0 Å². The van der Waals surface area contributed by atoms with Gasteiger partial charge in [-0.1, -0.05) is 0 Å². The molecule has 0 heterocycles. The normalized spacial score (nSPS) is 8.57. The first-order valence-electron chi connectivity index (χ1n) is 0.894. The van der Waals surface area contributed by atoms with Crippen LogP contribution in [-0.4, -0.2) is 103 Å². The largest absolute Gasteiger partial charge is 0.668 e. The van der Waals surface area contributed by atoms with E-state index in [0.717, 1.165) is 0 Å². The molecule has 4 nitrogen and oxygen atoms in total. The standard InChI is InChI=1S/K.Mg.H4O4Si/c;;1-5(2,3)4/h;;1-4H. The van der Waals surface area contributed by atoms with Crippen LogP contribution in [0.4, 0.5) is 0 Å². The molecule has 0 atom stereocenters. The summed E-state index contributed by atoms with van der Waals surface area (Å²) in [6.07, 6.45) is 0. The second-order valence-electron chi connectivity index (χ2n) is 0.600. The van der Waals surface area contributed by atoms with Crippen LogP contribution in [0.5, 0.6) is 0 Å². The van der Waals surface area contributed by atoms with Crippen LogP contribution in [0.15, 0.2) is 0 Å². The molecule has 0 rings (SSSR count). The second kappa shape index (κ2) is 6.58. The Kier molecular flexibility index (Phi) is 15.2. The zero-order valence-electron chi connectivity index (χ0n) is 4.00. The Morgan fingerprint density at radius 1 is 0.857 bits per heavy atom. The predicted molar refractivity (Wildman–Crippen MR) is 26.1 cm³/mol. The Balaban J connectivity index is -0.0000000800. The van der Waals surface area contributed by atoms with Gasteiger partial charge in [0.15, 0.2) is 0 Å². The van der Waals surface area contributed by atoms with E-state index in [4.69, 9.17) is 19.2 Å². The molecule has 0 aromatic rings. The van der Waals surface area contributed by atoms with Crippen molar-refractivity contribution in [1.82, 2.24) is 0 Å². The summed E-state index contributed by atoms with van der Waals surface area (Å²) in [7, 11) is -4.61. The maximum absolute atomic E-state index is 7.33. The zero-order valence-corrected chi connectivity index (χ0v) is 9.53. The van der Waals surface area contributed by atoms with E-state index in [1.165, 1.54) is 0 Å². The predicted octanol–water partition coefficient (Wildman–Crippen LogP) is -3.37. The summed E-state index contributed by atoms with van der Waals surface area (Å²) >= 11 is 0. The van der Waals surface area contributed by atoms with E-state index < -0.39 is 9.05 Å². The second-order valence-corrected chi connectivity index (χ2v) is 1.80. The van der Waals surface area contributed by atoms with Crippen molar-refractivity contribution in [1.29, 1.82) is 0 Å². The SMILES string of the molecule is O[Si](O)(O)O.[K].[Mg]. The minimum absolute atomic E-state index is 0. The van der Waals surface area contributed by atoms with Crippen molar-refractivity contribution in [3.05, 3.63) is 0 Å². The molecule has 7 heteroatoms. The van der Waals surface area contributed by atoms with Gasteiger partial charge in [0.1, 0.15) is 0 Å². The average molecular weight is 160 g/mol. The molecule has 0 saturated carbocycles. The van der Waals surface area contributed by atoms with Crippen LogP contribution in [0.2, 0.25) is 0 Å². The molecule has 0 saturated heterocycles. The maximum atomic E-state index is 7.33. The van der Waals surface area contributed by atoms with Gasteiger partial charge in [-0.05, 0) is 0 Å². The quantitative estimate of drug-likeness (QED) is 0.278. The number of hydrogen-bond acceptors (Lipinski definition) is 4. The summed E-state index contributed by atoms with van der Waals surface area (Å²) in [4.78, 5) is 29.3. The molecule has 0 aliphatic carbocycles. The molecular weight excluding hydrogens is 155 g/mol. The van der Waals surface area contributed by atoms with Gasteiger partial charge in [-0.25, -0.2) is 0 Å². The van der Waals surface area contributed by atoms with E-state index in [1.54, 1.807) is 0 Å². The Hall–Kier alpha value is 2.46. The smallest absolute Gasteiger partial charge is 0.368 e. The van der Waals surface area contributed by atoms with Crippen molar-refractivity contribution in [2.45, 2.75) is 0 Å². The third kappa shape index (κ3) is 58.4. The third-order valence-corrected chi connectivity index (χ3v) is 0. The van der Waals surface area contributed by atoms with Crippen LogP contribution < -0.4 is 0 Å². The fraction of sp³-hybridized carbons (Fsp3) is 0. The van der Waals surface area contributed by atoms with Crippen LogP contribution in [0.3, 0.4) is 0 Å². The molecule has 0 fully saturated rings. The summed E-state index contributed by atoms with van der Waals surface area (Å²) in [5, 5.41) is 0. The molecule has 35 valence electrons. The fourth-order valence-corrected chi connectivity index (χ4v) is 0. The van der Waals surface area contributed by atoms with Gasteiger partial charge < -0.3 is 19.2 Å². The topological polar surface area (TPSA) is 80.9 Å². The minimum Gasteiger partial charge on any atom is -0.368 e. The third-order valence-electron chi connectivity index (χ3n) is 0. The molecule has 0 aromatic heterocycles. The van der Waals surface area contributed by atoms with Gasteiger partial charge in [0.05, 0.1) is 0 Å². The van der Waals surface area contributed by atoms with Crippen LogP contribution >= 0.6 is 0 Å². The molecule has 3 radical (unpaired) electrons. The number of rotatable bonds is 0. The summed E-state index contributed by atoms with van der Waals surface area (Å²) in [5.41, 5.74) is 0. The fourth-order valence-electron chi connectivity index (χ4n) is 0. The van der Waals surface area contributed by atoms with Gasteiger partial charge in [-0.3, -0.25) is 0 Å². The first-order chi connectivity index (χ1) is 2.00. The van der Waals surface area contributed by atoms with Crippen LogP contribution in [-0.2, 0) is 0 Å². The maximum Gasteiger partial charge on any atom is 0.668 e. The minimum atomic E-state index is -4.61. The summed E-state index contributed by atoms with van der Waals surface area (Å²) in [6.45, 7) is 0. The zero-order chi connectivity index (χ0) is 4.50. The van der Waals surface area contributed by atoms with E-state index in [-0.39, 0.29) is 74.4 Å². The summed E-state index contributed by atoms with van der Waals surface area (Å²) < 4.78 is 0. The summed E-state index contributed by atoms with van der Waals surface area (Å²) in [6, 6.07) is 0. The molecular formula is H4KMgO4Si. The molecule has 0 spiro atoms. The Morgan fingerprint density at radius 2 is 0.857 bits per heavy atom. The van der Waals surface area contributed by atoms with E-state index in [1.807, 2.05) is 0 Å². The molecule has 0 aliphatic rings. The van der Waals surface area contributed by atoms with E-state index in [9.17, 15) is 0 Å². The average Bonchev–Trinajstić information content (AvgIpc) is 0.722. The van der Waals surface area contributed by atoms with Gasteiger partial charge in [-0.2, -0.15) is 0 Å². The van der Waals surface area contributed by atoms with Crippen LogP contribution in [0, 0.1) is 0 Å². The Morgan fingerprint density at radius 3 is 0.857 bits per heavy atom. The van der Waals surface area contributed by atoms with E-state index in [0.29, 0.717) is 0 Å². The van der Waals surface area contributed by atoms with Crippen molar-refractivity contribution in [2.75, 3.05) is 0 Å². The molecule has 0 aromatic carbocycles. The van der Waals surface area contributed by atoms with Crippen molar-refractivity contribution >= 4 is 83.5 Å². The molecule has 0 bridgehead atoms. The van der Waals surface area contributed by atoms with E-state index in [2.05, 4.69) is 0 Å². The van der Waals surface area contributed by atoms with E-state index >= 15 is 0 Å². The first kappa shape index (κ1) is 16.2. The Bertz CT molecular complexity index is 27.2. The first-order valence-corrected chi connectivity index (χ1v) is 2.68. The van der Waals surface area contributed by atoms with Crippen molar-refractivity contribution in [3.63, 3.8) is 0 Å².